The molecule has 1 aliphatic carbocycles. The fraction of sp³-hybridized carbons (Fsp3) is 0.500. The van der Waals surface area contributed by atoms with E-state index in [1.165, 1.54) is 36.9 Å². The molecule has 0 unspecified atom stereocenters. The third-order valence-corrected chi connectivity index (χ3v) is 4.51. The van der Waals surface area contributed by atoms with E-state index in [9.17, 15) is 0 Å². The molecule has 2 nitrogen and oxygen atoms in total. The summed E-state index contributed by atoms with van der Waals surface area (Å²) in [6.07, 6.45) is 5.70. The number of benzene rings is 1. The van der Waals surface area contributed by atoms with Gasteiger partial charge in [0.1, 0.15) is 5.75 Å². The summed E-state index contributed by atoms with van der Waals surface area (Å²) in [7, 11) is 1.78. The van der Waals surface area contributed by atoms with E-state index in [1.807, 2.05) is 6.08 Å². The zero-order valence-corrected chi connectivity index (χ0v) is 12.3. The first kappa shape index (κ1) is 14.4. The molecule has 0 spiro atoms. The van der Waals surface area contributed by atoms with Crippen molar-refractivity contribution in [3.8, 4) is 5.75 Å². The van der Waals surface area contributed by atoms with Crippen LogP contribution in [0, 0.1) is 5.92 Å². The van der Waals surface area contributed by atoms with Crippen LogP contribution in [0.4, 0.5) is 0 Å². The summed E-state index contributed by atoms with van der Waals surface area (Å²) in [5.74, 6) is 1.88. The second-order valence-corrected chi connectivity index (χ2v) is 5.41. The lowest BCUT2D eigenvalue weighted by atomic mass is 9.80. The van der Waals surface area contributed by atoms with Crippen molar-refractivity contribution in [1.82, 2.24) is 4.90 Å². The van der Waals surface area contributed by atoms with Gasteiger partial charge in [-0.25, -0.2) is 0 Å². The van der Waals surface area contributed by atoms with Crippen molar-refractivity contribution in [2.45, 2.75) is 25.3 Å². The predicted octanol–water partition coefficient (Wildman–Crippen LogP) is 3.09. The second-order valence-electron chi connectivity index (χ2n) is 5.41. The van der Waals surface area contributed by atoms with Crippen LogP contribution in [-0.2, 0) is 12.8 Å². The van der Waals surface area contributed by atoms with Gasteiger partial charge in [0.2, 0.25) is 0 Å². The van der Waals surface area contributed by atoms with Crippen molar-refractivity contribution < 1.29 is 4.74 Å². The number of likely N-dealkylation sites (tertiary alicyclic amines) is 1. The largest absolute Gasteiger partial charge is 0.496 e. The van der Waals surface area contributed by atoms with Crippen LogP contribution in [-0.4, -0.2) is 31.1 Å². The van der Waals surface area contributed by atoms with Crippen molar-refractivity contribution in [3.05, 3.63) is 42.0 Å². The molecule has 1 aromatic carbocycles. The number of ether oxygens (including phenoxy) is 1. The number of methoxy groups -OCH3 is 1. The zero-order chi connectivity index (χ0) is 12.5. The van der Waals surface area contributed by atoms with E-state index >= 15 is 0 Å². The maximum absolute atomic E-state index is 5.51. The lowest BCUT2D eigenvalue weighted by Crippen LogP contribution is -2.38. The molecule has 0 amide bonds. The average Bonchev–Trinajstić information content (AvgIpc) is 2.79. The van der Waals surface area contributed by atoms with Crippen molar-refractivity contribution in [1.29, 1.82) is 0 Å². The van der Waals surface area contributed by atoms with E-state index in [2.05, 4.69) is 29.7 Å². The fourth-order valence-electron chi connectivity index (χ4n) is 3.63. The average molecular weight is 280 g/mol. The van der Waals surface area contributed by atoms with E-state index in [-0.39, 0.29) is 12.4 Å². The molecule has 0 radical (unpaired) electrons. The van der Waals surface area contributed by atoms with Crippen molar-refractivity contribution in [2.24, 2.45) is 5.92 Å². The number of hydrogen-bond acceptors (Lipinski definition) is 2. The monoisotopic (exact) mass is 279 g/mol. The number of halogens is 1. The van der Waals surface area contributed by atoms with Gasteiger partial charge in [-0.05, 0) is 48.9 Å². The molecule has 2 aliphatic rings. The molecule has 2 atom stereocenters. The maximum atomic E-state index is 5.51. The van der Waals surface area contributed by atoms with E-state index in [4.69, 9.17) is 4.74 Å². The minimum absolute atomic E-state index is 0. The standard InChI is InChI=1S/C16H21NO.ClH/c1-3-8-17-9-7-13-10-14-12(11-15(13)17)5-4-6-16(14)18-2;/h3-6,13,15H,1,7-11H2,2H3;1H/t13-,15+;/m0./s1. The van der Waals surface area contributed by atoms with Gasteiger partial charge in [0.05, 0.1) is 7.11 Å². The van der Waals surface area contributed by atoms with Gasteiger partial charge in [-0.3, -0.25) is 4.90 Å². The van der Waals surface area contributed by atoms with Gasteiger partial charge < -0.3 is 4.74 Å². The molecule has 3 heteroatoms. The molecule has 1 fully saturated rings. The third-order valence-electron chi connectivity index (χ3n) is 4.51. The molecule has 3 rings (SSSR count). The first-order valence-electron chi connectivity index (χ1n) is 6.83. The Morgan fingerprint density at radius 2 is 2.26 bits per heavy atom. The molecular formula is C16H22ClNO. The summed E-state index contributed by atoms with van der Waals surface area (Å²) in [5, 5.41) is 0. The van der Waals surface area contributed by atoms with Gasteiger partial charge in [-0.15, -0.1) is 19.0 Å². The van der Waals surface area contributed by atoms with Gasteiger partial charge in [-0.2, -0.15) is 0 Å². The molecule has 1 heterocycles. The summed E-state index contributed by atoms with van der Waals surface area (Å²) in [6.45, 7) is 6.12. The van der Waals surface area contributed by atoms with Gasteiger partial charge in [0.15, 0.2) is 0 Å². The van der Waals surface area contributed by atoms with Gasteiger partial charge in [0, 0.05) is 12.6 Å². The topological polar surface area (TPSA) is 12.5 Å². The molecule has 0 bridgehead atoms. The number of hydrogen-bond donors (Lipinski definition) is 0. The molecule has 1 aliphatic heterocycles. The fourth-order valence-corrected chi connectivity index (χ4v) is 3.63. The molecule has 19 heavy (non-hydrogen) atoms. The third kappa shape index (κ3) is 2.52. The lowest BCUT2D eigenvalue weighted by molar-refractivity contribution is 0.234. The summed E-state index contributed by atoms with van der Waals surface area (Å²) < 4.78 is 5.51. The van der Waals surface area contributed by atoms with Crippen LogP contribution in [0.25, 0.3) is 0 Å². The Kier molecular flexibility index (Phi) is 4.54. The van der Waals surface area contributed by atoms with E-state index in [0.29, 0.717) is 6.04 Å². The maximum Gasteiger partial charge on any atom is 0.122 e. The van der Waals surface area contributed by atoms with Crippen LogP contribution in [0.15, 0.2) is 30.9 Å². The smallest absolute Gasteiger partial charge is 0.122 e. The SMILES string of the molecule is C=CCN1CC[C@H]2Cc3c(cccc3OC)C[C@H]21.Cl. The Morgan fingerprint density at radius 1 is 1.42 bits per heavy atom. The highest BCUT2D eigenvalue weighted by molar-refractivity contribution is 5.85. The molecule has 1 saturated heterocycles. The van der Waals surface area contributed by atoms with Gasteiger partial charge >= 0.3 is 0 Å². The predicted molar refractivity (Wildman–Crippen MR) is 81.3 cm³/mol. The second kappa shape index (κ2) is 5.98. The van der Waals surface area contributed by atoms with Crippen molar-refractivity contribution in [2.75, 3.05) is 20.2 Å². The van der Waals surface area contributed by atoms with Crippen LogP contribution in [0.3, 0.4) is 0 Å². The van der Waals surface area contributed by atoms with Crippen molar-refractivity contribution >= 4 is 12.4 Å². The number of nitrogens with zero attached hydrogens (tertiary/aromatic N) is 1. The Hall–Kier alpha value is -0.990. The Balaban J connectivity index is 0.00000133. The number of fused-ring (bicyclic) bond motifs is 2. The summed E-state index contributed by atoms with van der Waals surface area (Å²) in [4.78, 5) is 2.58. The van der Waals surface area contributed by atoms with Crippen LogP contribution < -0.4 is 4.74 Å². The molecular weight excluding hydrogens is 258 g/mol. The minimum Gasteiger partial charge on any atom is -0.496 e. The van der Waals surface area contributed by atoms with Crippen molar-refractivity contribution in [3.63, 3.8) is 0 Å². The highest BCUT2D eigenvalue weighted by Gasteiger charge is 2.37. The first-order chi connectivity index (χ1) is 8.83. The molecule has 0 N–H and O–H groups in total. The van der Waals surface area contributed by atoms with Gasteiger partial charge in [-0.1, -0.05) is 18.2 Å². The molecule has 0 aromatic heterocycles. The number of rotatable bonds is 3. The Morgan fingerprint density at radius 3 is 3.00 bits per heavy atom. The van der Waals surface area contributed by atoms with E-state index in [1.54, 1.807) is 7.11 Å². The first-order valence-corrected chi connectivity index (χ1v) is 6.83. The van der Waals surface area contributed by atoms with Crippen LogP contribution in [0.1, 0.15) is 17.5 Å². The quantitative estimate of drug-likeness (QED) is 0.789. The zero-order valence-electron chi connectivity index (χ0n) is 11.5. The Labute approximate surface area is 121 Å². The molecule has 1 aromatic rings. The summed E-state index contributed by atoms with van der Waals surface area (Å²) >= 11 is 0. The van der Waals surface area contributed by atoms with E-state index in [0.717, 1.165) is 18.2 Å². The van der Waals surface area contributed by atoms with Crippen LogP contribution in [0.5, 0.6) is 5.75 Å². The Bertz CT molecular complexity index is 460. The van der Waals surface area contributed by atoms with Crippen LogP contribution >= 0.6 is 12.4 Å². The van der Waals surface area contributed by atoms with E-state index < -0.39 is 0 Å². The van der Waals surface area contributed by atoms with Gasteiger partial charge in [0.25, 0.3) is 0 Å². The summed E-state index contributed by atoms with van der Waals surface area (Å²) in [6, 6.07) is 7.18. The molecule has 0 saturated carbocycles. The summed E-state index contributed by atoms with van der Waals surface area (Å²) in [5.41, 5.74) is 2.92. The highest BCUT2D eigenvalue weighted by atomic mass is 35.5. The minimum atomic E-state index is 0. The highest BCUT2D eigenvalue weighted by Crippen LogP contribution is 2.38. The molecule has 104 valence electrons. The lowest BCUT2D eigenvalue weighted by Gasteiger charge is -2.33. The van der Waals surface area contributed by atoms with Crippen LogP contribution in [0.2, 0.25) is 0 Å². The normalized spacial score (nSPS) is 25.1.